The van der Waals surface area contributed by atoms with E-state index in [1.165, 1.54) is 31.2 Å². The minimum Gasteiger partial charge on any atom is -0.508 e. The highest BCUT2D eigenvalue weighted by Gasteiger charge is 2.52. The molecule has 0 saturated carbocycles. The zero-order valence-electron chi connectivity index (χ0n) is 27.7. The van der Waals surface area contributed by atoms with E-state index in [-0.39, 0.29) is 28.4 Å². The first-order valence-electron chi connectivity index (χ1n) is 16.4. The largest absolute Gasteiger partial charge is 0.508 e. The van der Waals surface area contributed by atoms with E-state index in [0.29, 0.717) is 0 Å². The van der Waals surface area contributed by atoms with Gasteiger partial charge in [0.1, 0.15) is 89.3 Å². The summed E-state index contributed by atoms with van der Waals surface area (Å²) in [5.74, 6) is -2.19. The van der Waals surface area contributed by atoms with Gasteiger partial charge in [-0.25, -0.2) is 0 Å². The van der Waals surface area contributed by atoms with Crippen LogP contribution >= 0.6 is 0 Å². The molecule has 2 aromatic carbocycles. The van der Waals surface area contributed by atoms with E-state index in [1.54, 1.807) is 0 Å². The van der Waals surface area contributed by atoms with Gasteiger partial charge in [0.2, 0.25) is 23.8 Å². The maximum Gasteiger partial charge on any atom is 0.239 e. The zero-order valence-corrected chi connectivity index (χ0v) is 27.7. The van der Waals surface area contributed by atoms with Crippen LogP contribution in [0.3, 0.4) is 0 Å². The first kappa shape index (κ1) is 39.0. The Morgan fingerprint density at radius 3 is 1.89 bits per heavy atom. The Hall–Kier alpha value is -3.71. The minimum absolute atomic E-state index is 0.0982. The van der Waals surface area contributed by atoms with Crippen LogP contribution in [0.25, 0.3) is 22.3 Å². The van der Waals surface area contributed by atoms with Crippen molar-refractivity contribution in [2.24, 2.45) is 0 Å². The predicted molar refractivity (Wildman–Crippen MR) is 171 cm³/mol. The Labute approximate surface area is 298 Å². The van der Waals surface area contributed by atoms with Crippen molar-refractivity contribution in [1.82, 2.24) is 0 Å². The van der Waals surface area contributed by atoms with Crippen molar-refractivity contribution in [2.75, 3.05) is 13.2 Å². The molecule has 0 bridgehead atoms. The standard InChI is InChI=1S/C33H40O20/c1-10-19(38)23(42)26(45)31(47-10)48-13-6-14(37)18-15(7-13)49-28(11-2-4-12(36)5-3-11)29(22(18)41)52-33-30(25(44)21(40)17(9-35)51-33)53-32-27(46)24(43)20(39)16(8-34)50-32/h2-7,10,16-17,19-21,23-27,30-40,42-46H,8-9H2,1H3/t10-,16-,17-,19-,20-,21+,23+,24+,25+,26+,27-,30-,31-,32+,33+/m0/s1. The van der Waals surface area contributed by atoms with Gasteiger partial charge in [0, 0.05) is 17.7 Å². The van der Waals surface area contributed by atoms with Crippen LogP contribution in [0.4, 0.5) is 0 Å². The Balaban J connectivity index is 1.41. The van der Waals surface area contributed by atoms with Crippen LogP contribution in [0.1, 0.15) is 6.92 Å². The molecule has 0 radical (unpaired) electrons. The molecule has 15 atom stereocenters. The molecule has 12 N–H and O–H groups in total. The van der Waals surface area contributed by atoms with Crippen LogP contribution in [0.15, 0.2) is 45.6 Å². The van der Waals surface area contributed by atoms with Crippen LogP contribution in [-0.4, -0.2) is 167 Å². The zero-order chi connectivity index (χ0) is 38.5. The number of phenols is 2. The van der Waals surface area contributed by atoms with Gasteiger partial charge >= 0.3 is 0 Å². The Morgan fingerprint density at radius 2 is 1.25 bits per heavy atom. The van der Waals surface area contributed by atoms with Crippen LogP contribution in [-0.2, 0) is 18.9 Å². The Bertz CT molecular complexity index is 1780. The molecule has 292 valence electrons. The highest BCUT2D eigenvalue weighted by atomic mass is 16.8. The summed E-state index contributed by atoms with van der Waals surface area (Å²) in [6.45, 7) is -0.275. The van der Waals surface area contributed by atoms with Crippen molar-refractivity contribution in [3.63, 3.8) is 0 Å². The van der Waals surface area contributed by atoms with E-state index >= 15 is 0 Å². The third-order valence-corrected chi connectivity index (χ3v) is 9.29. The van der Waals surface area contributed by atoms with Crippen molar-refractivity contribution in [1.29, 1.82) is 0 Å². The van der Waals surface area contributed by atoms with Crippen LogP contribution < -0.4 is 14.9 Å². The average molecular weight is 757 g/mol. The molecule has 20 nitrogen and oxygen atoms in total. The smallest absolute Gasteiger partial charge is 0.239 e. The van der Waals surface area contributed by atoms with Crippen LogP contribution in [0.2, 0.25) is 0 Å². The number of aromatic hydroxyl groups is 2. The summed E-state index contributed by atoms with van der Waals surface area (Å²) >= 11 is 0. The molecule has 0 amide bonds. The second-order valence-electron chi connectivity index (χ2n) is 12.9. The molecule has 3 aromatic rings. The van der Waals surface area contributed by atoms with Gasteiger partial charge in [-0.1, -0.05) is 0 Å². The molecule has 1 aromatic heterocycles. The molecule has 0 aliphatic carbocycles. The maximum absolute atomic E-state index is 14.2. The molecular weight excluding hydrogens is 716 g/mol. The fourth-order valence-corrected chi connectivity index (χ4v) is 6.23. The number of phenolic OH excluding ortho intramolecular Hbond substituents is 2. The number of benzene rings is 2. The Morgan fingerprint density at radius 1 is 0.660 bits per heavy atom. The summed E-state index contributed by atoms with van der Waals surface area (Å²) in [5.41, 5.74) is -1.28. The topological polar surface area (TPSA) is 328 Å². The summed E-state index contributed by atoms with van der Waals surface area (Å²) in [5, 5.41) is 123. The van der Waals surface area contributed by atoms with Gasteiger partial charge in [0.15, 0.2) is 18.2 Å². The number of ether oxygens (including phenoxy) is 6. The van der Waals surface area contributed by atoms with Gasteiger partial charge < -0.3 is 94.1 Å². The van der Waals surface area contributed by atoms with Crippen molar-refractivity contribution in [3.8, 4) is 34.3 Å². The number of fused-ring (bicyclic) bond motifs is 1. The van der Waals surface area contributed by atoms with Gasteiger partial charge in [-0.2, -0.15) is 0 Å². The summed E-state index contributed by atoms with van der Waals surface area (Å²) in [6, 6.07) is 7.25. The summed E-state index contributed by atoms with van der Waals surface area (Å²) in [6.07, 6.45) is -25.5. The van der Waals surface area contributed by atoms with Crippen molar-refractivity contribution in [3.05, 3.63) is 46.6 Å². The van der Waals surface area contributed by atoms with E-state index in [9.17, 15) is 66.1 Å². The van der Waals surface area contributed by atoms with Crippen LogP contribution in [0.5, 0.6) is 23.0 Å². The van der Waals surface area contributed by atoms with Gasteiger partial charge in [0.25, 0.3) is 0 Å². The molecule has 0 spiro atoms. The third-order valence-electron chi connectivity index (χ3n) is 9.29. The number of rotatable bonds is 9. The first-order valence-corrected chi connectivity index (χ1v) is 16.4. The molecule has 3 aliphatic heterocycles. The average Bonchev–Trinajstić information content (AvgIpc) is 3.13. The van der Waals surface area contributed by atoms with E-state index in [0.717, 1.165) is 12.1 Å². The number of hydrogen-bond donors (Lipinski definition) is 12. The predicted octanol–water partition coefficient (Wildman–Crippen LogP) is -3.92. The van der Waals surface area contributed by atoms with E-state index < -0.39 is 128 Å². The molecule has 3 saturated heterocycles. The number of aliphatic hydroxyl groups excluding tert-OH is 10. The molecule has 0 unspecified atom stereocenters. The minimum atomic E-state index is -1.99. The number of aliphatic hydroxyl groups is 10. The second-order valence-corrected chi connectivity index (χ2v) is 12.9. The quantitative estimate of drug-likeness (QED) is 0.0992. The summed E-state index contributed by atoms with van der Waals surface area (Å²) in [7, 11) is 0. The van der Waals surface area contributed by atoms with Gasteiger partial charge in [-0.15, -0.1) is 0 Å². The monoisotopic (exact) mass is 756 g/mol. The normalized spacial score (nSPS) is 37.8. The fraction of sp³-hybridized carbons (Fsp3) is 0.545. The first-order chi connectivity index (χ1) is 25.1. The fourth-order valence-electron chi connectivity index (χ4n) is 6.23. The van der Waals surface area contributed by atoms with Crippen molar-refractivity contribution in [2.45, 2.75) is 99.0 Å². The SMILES string of the molecule is C[C@@H]1O[C@@H](Oc2cc(O)c3c(=O)c(O[C@H]4O[C@@H](CO)[C@@H](O)[C@@H](O)[C@@H]4O[C@H]4O[C@@H](CO)[C@H](O)[C@@H](O)[C@@H]4O)c(-c4ccc(O)cc4)oc3c2)[C@H](O)[C@H](O)[C@H]1O. The van der Waals surface area contributed by atoms with Crippen LogP contribution in [0, 0.1) is 0 Å². The summed E-state index contributed by atoms with van der Waals surface area (Å²) < 4.78 is 39.8. The lowest BCUT2D eigenvalue weighted by Crippen LogP contribution is -2.65. The van der Waals surface area contributed by atoms with Gasteiger partial charge in [-0.05, 0) is 31.2 Å². The van der Waals surface area contributed by atoms with E-state index in [1.807, 2.05) is 0 Å². The lowest BCUT2D eigenvalue weighted by atomic mass is 9.97. The molecule has 6 rings (SSSR count). The maximum atomic E-state index is 14.2. The number of hydrogen-bond acceptors (Lipinski definition) is 20. The molecule has 3 fully saturated rings. The highest BCUT2D eigenvalue weighted by molar-refractivity contribution is 5.88. The summed E-state index contributed by atoms with van der Waals surface area (Å²) in [4.78, 5) is 14.2. The van der Waals surface area contributed by atoms with Gasteiger partial charge in [-0.3, -0.25) is 4.79 Å². The van der Waals surface area contributed by atoms with Crippen molar-refractivity contribution >= 4 is 11.0 Å². The molecule has 3 aliphatic rings. The van der Waals surface area contributed by atoms with E-state index in [2.05, 4.69) is 0 Å². The molecule has 4 heterocycles. The van der Waals surface area contributed by atoms with Gasteiger partial charge in [0.05, 0.1) is 19.3 Å². The molecular formula is C33H40O20. The second kappa shape index (κ2) is 15.6. The molecule has 20 heteroatoms. The van der Waals surface area contributed by atoms with E-state index in [4.69, 9.17) is 32.8 Å². The third kappa shape index (κ3) is 7.39. The Kier molecular flexibility index (Phi) is 11.5. The molecule has 53 heavy (non-hydrogen) atoms. The lowest BCUT2D eigenvalue weighted by Gasteiger charge is -2.45. The highest BCUT2D eigenvalue weighted by Crippen LogP contribution is 2.39. The lowest BCUT2D eigenvalue weighted by molar-refractivity contribution is -0.358. The van der Waals surface area contributed by atoms with Crippen molar-refractivity contribution < 1.29 is 94.1 Å².